The minimum atomic E-state index is -0.0549. The fourth-order valence-electron chi connectivity index (χ4n) is 6.83. The third-order valence-corrected chi connectivity index (χ3v) is 9.85. The first-order chi connectivity index (χ1) is 20.9. The number of benzene rings is 6. The van der Waals surface area contributed by atoms with Crippen molar-refractivity contribution in [2.45, 2.75) is 38.5 Å². The van der Waals surface area contributed by atoms with Crippen LogP contribution in [0.4, 0.5) is 17.1 Å². The molecule has 0 saturated carbocycles. The summed E-state index contributed by atoms with van der Waals surface area (Å²) in [6.45, 7) is 9.60. The lowest BCUT2D eigenvalue weighted by Crippen LogP contribution is -2.43. The van der Waals surface area contributed by atoms with Crippen molar-refractivity contribution in [3.05, 3.63) is 163 Å². The summed E-state index contributed by atoms with van der Waals surface area (Å²) in [5.74, 6) is 0. The Labute approximate surface area is 256 Å². The van der Waals surface area contributed by atoms with E-state index >= 15 is 0 Å². The minimum Gasteiger partial charge on any atom is -0.309 e. The fourth-order valence-corrected chi connectivity index (χ4v) is 6.83. The second-order valence-corrected chi connectivity index (χ2v) is 12.6. The lowest BCUT2D eigenvalue weighted by Gasteiger charge is -2.48. The summed E-state index contributed by atoms with van der Waals surface area (Å²) in [5, 5.41) is 0. The number of anilines is 3. The Hall–Kier alpha value is -4.88. The third kappa shape index (κ3) is 4.39. The van der Waals surface area contributed by atoms with Crippen LogP contribution in [-0.4, -0.2) is 0 Å². The van der Waals surface area contributed by atoms with Gasteiger partial charge in [0.05, 0.1) is 11.4 Å². The van der Waals surface area contributed by atoms with Crippen LogP contribution in [0.25, 0.3) is 33.4 Å². The molecule has 1 aliphatic carbocycles. The van der Waals surface area contributed by atoms with E-state index in [2.05, 4.69) is 184 Å². The van der Waals surface area contributed by atoms with Crippen LogP contribution in [0.5, 0.6) is 0 Å². The molecule has 6 aromatic carbocycles. The van der Waals surface area contributed by atoms with Gasteiger partial charge in [-0.2, -0.15) is 0 Å². The number of rotatable bonds is 5. The zero-order valence-corrected chi connectivity index (χ0v) is 25.4. The zero-order valence-electron chi connectivity index (χ0n) is 25.4. The van der Waals surface area contributed by atoms with Crippen molar-refractivity contribution >= 4 is 17.1 Å². The summed E-state index contributed by atoms with van der Waals surface area (Å²) in [4.78, 5) is 2.42. The molecule has 0 aromatic heterocycles. The molecule has 1 heteroatoms. The van der Waals surface area contributed by atoms with Gasteiger partial charge in [-0.3, -0.25) is 0 Å². The Balaban J connectivity index is 1.45. The van der Waals surface area contributed by atoms with Crippen LogP contribution in [0.15, 0.2) is 152 Å². The second kappa shape index (κ2) is 10.4. The van der Waals surface area contributed by atoms with Gasteiger partial charge >= 0.3 is 0 Å². The molecular weight excluding hydrogens is 518 g/mol. The van der Waals surface area contributed by atoms with E-state index in [-0.39, 0.29) is 10.8 Å². The maximum atomic E-state index is 2.46. The fraction of sp³-hybridized carbons (Fsp3) is 0.143. The Morgan fingerprint density at radius 3 is 1.49 bits per heavy atom. The highest BCUT2D eigenvalue weighted by Crippen LogP contribution is 2.55. The molecule has 0 radical (unpaired) electrons. The highest BCUT2D eigenvalue weighted by molar-refractivity contribution is 5.94. The Morgan fingerprint density at radius 1 is 0.372 bits per heavy atom. The number of hydrogen-bond donors (Lipinski definition) is 0. The van der Waals surface area contributed by atoms with Crippen LogP contribution < -0.4 is 4.90 Å². The molecule has 1 nitrogen and oxygen atoms in total. The van der Waals surface area contributed by atoms with Crippen molar-refractivity contribution in [1.29, 1.82) is 0 Å². The van der Waals surface area contributed by atoms with E-state index in [1.807, 2.05) is 0 Å². The molecular formula is C42H37N. The van der Waals surface area contributed by atoms with Gasteiger partial charge in [0.1, 0.15) is 0 Å². The number of fused-ring (bicyclic) bond motifs is 3. The van der Waals surface area contributed by atoms with E-state index in [1.54, 1.807) is 0 Å². The molecule has 0 amide bonds. The van der Waals surface area contributed by atoms with Crippen molar-refractivity contribution in [2.24, 2.45) is 0 Å². The van der Waals surface area contributed by atoms with Crippen molar-refractivity contribution in [3.8, 4) is 33.4 Å². The summed E-state index contributed by atoms with van der Waals surface area (Å²) in [6.07, 6.45) is 0. The SMILES string of the molecule is CC1(C)c2ccccc2-c2ccc(-c3ccccc3N(c3ccccc3)c3ccccc3-c3ccccc3)cc2C1(C)C. The molecule has 0 aliphatic heterocycles. The molecule has 0 saturated heterocycles. The Morgan fingerprint density at radius 2 is 0.837 bits per heavy atom. The second-order valence-electron chi connectivity index (χ2n) is 12.6. The molecule has 7 rings (SSSR count). The lowest BCUT2D eigenvalue weighted by atomic mass is 9.55. The number of nitrogens with zero attached hydrogens (tertiary/aromatic N) is 1. The molecule has 0 bridgehead atoms. The van der Waals surface area contributed by atoms with Crippen LogP contribution in [0.3, 0.4) is 0 Å². The maximum absolute atomic E-state index is 2.46. The minimum absolute atomic E-state index is 0.0145. The highest BCUT2D eigenvalue weighted by Gasteiger charge is 2.45. The van der Waals surface area contributed by atoms with E-state index < -0.39 is 0 Å². The molecule has 0 spiro atoms. The molecule has 0 fully saturated rings. The molecule has 0 N–H and O–H groups in total. The van der Waals surface area contributed by atoms with Crippen LogP contribution in [0, 0.1) is 0 Å². The molecule has 43 heavy (non-hydrogen) atoms. The lowest BCUT2D eigenvalue weighted by molar-refractivity contribution is 0.299. The molecule has 1 aliphatic rings. The van der Waals surface area contributed by atoms with Gasteiger partial charge in [-0.25, -0.2) is 0 Å². The first-order valence-electron chi connectivity index (χ1n) is 15.2. The zero-order chi connectivity index (χ0) is 29.6. The van der Waals surface area contributed by atoms with Gasteiger partial charge in [0.15, 0.2) is 0 Å². The van der Waals surface area contributed by atoms with Crippen molar-refractivity contribution in [1.82, 2.24) is 0 Å². The maximum Gasteiger partial charge on any atom is 0.0540 e. The van der Waals surface area contributed by atoms with Gasteiger partial charge in [0.2, 0.25) is 0 Å². The quantitative estimate of drug-likeness (QED) is 0.204. The van der Waals surface area contributed by atoms with Crippen LogP contribution in [0.2, 0.25) is 0 Å². The Bertz CT molecular complexity index is 1910. The predicted molar refractivity (Wildman–Crippen MR) is 183 cm³/mol. The third-order valence-electron chi connectivity index (χ3n) is 9.85. The Kier molecular flexibility index (Phi) is 6.55. The van der Waals surface area contributed by atoms with Gasteiger partial charge in [-0.05, 0) is 74.5 Å². The average Bonchev–Trinajstić information content (AvgIpc) is 3.05. The van der Waals surface area contributed by atoms with E-state index in [0.717, 1.165) is 17.1 Å². The van der Waals surface area contributed by atoms with Gasteiger partial charge in [0, 0.05) is 16.8 Å². The smallest absolute Gasteiger partial charge is 0.0540 e. The van der Waals surface area contributed by atoms with E-state index in [4.69, 9.17) is 0 Å². The van der Waals surface area contributed by atoms with E-state index in [9.17, 15) is 0 Å². The molecule has 6 aromatic rings. The standard InChI is InChI=1S/C42H37N/c1-41(2)37-24-14-11-23-35(37)36-28-27-31(29-38(36)42(41,3)4)34-22-13-16-26-40(34)43(32-19-9-6-10-20-32)39-25-15-12-21-33(39)30-17-7-5-8-18-30/h5-29H,1-4H3. The highest BCUT2D eigenvalue weighted by atomic mass is 15.1. The topological polar surface area (TPSA) is 3.24 Å². The van der Waals surface area contributed by atoms with Gasteiger partial charge in [-0.15, -0.1) is 0 Å². The normalized spacial score (nSPS) is 14.4. The summed E-state index contributed by atoms with van der Waals surface area (Å²) in [6, 6.07) is 55.1. The first-order valence-corrected chi connectivity index (χ1v) is 15.2. The van der Waals surface area contributed by atoms with Crippen LogP contribution in [-0.2, 0) is 10.8 Å². The van der Waals surface area contributed by atoms with Crippen LogP contribution in [0.1, 0.15) is 38.8 Å². The summed E-state index contributed by atoms with van der Waals surface area (Å²) < 4.78 is 0. The van der Waals surface area contributed by atoms with Crippen molar-refractivity contribution in [3.63, 3.8) is 0 Å². The van der Waals surface area contributed by atoms with Crippen molar-refractivity contribution in [2.75, 3.05) is 4.90 Å². The summed E-state index contributed by atoms with van der Waals surface area (Å²) >= 11 is 0. The largest absolute Gasteiger partial charge is 0.309 e. The average molecular weight is 556 g/mol. The summed E-state index contributed by atoms with van der Waals surface area (Å²) in [7, 11) is 0. The van der Waals surface area contributed by atoms with E-state index in [0.29, 0.717) is 0 Å². The molecule has 0 unspecified atom stereocenters. The first kappa shape index (κ1) is 27.0. The molecule has 210 valence electrons. The van der Waals surface area contributed by atoms with Crippen LogP contribution >= 0.6 is 0 Å². The summed E-state index contributed by atoms with van der Waals surface area (Å²) in [5.41, 5.74) is 13.7. The molecule has 0 atom stereocenters. The number of para-hydroxylation sites is 3. The van der Waals surface area contributed by atoms with Crippen molar-refractivity contribution < 1.29 is 0 Å². The van der Waals surface area contributed by atoms with Gasteiger partial charge in [0.25, 0.3) is 0 Å². The molecule has 0 heterocycles. The van der Waals surface area contributed by atoms with E-state index in [1.165, 1.54) is 44.5 Å². The van der Waals surface area contributed by atoms with Gasteiger partial charge < -0.3 is 4.90 Å². The number of hydrogen-bond acceptors (Lipinski definition) is 1. The van der Waals surface area contributed by atoms with Gasteiger partial charge in [-0.1, -0.05) is 149 Å². The monoisotopic (exact) mass is 555 g/mol. The predicted octanol–water partition coefficient (Wildman–Crippen LogP) is 11.7.